The molecule has 1 amide bonds. The maximum absolute atomic E-state index is 12.5. The Bertz CT molecular complexity index is 1240. The molecule has 4 aromatic rings. The average Bonchev–Trinajstić information content (AvgIpc) is 3.49. The number of hydrogen-bond acceptors (Lipinski definition) is 5. The molecule has 0 aliphatic carbocycles. The Labute approximate surface area is 190 Å². The zero-order valence-corrected chi connectivity index (χ0v) is 18.9. The standard InChI is InChI=1S/C23H24ClN5O3/c1-4-29-16(3)17(10-26-29)12-28-13-19(11-25-28)27-23(30)22-8-6-20(32-22)14-31-21-7-5-18(24)9-15(21)2/h5-11,13H,4,12,14H2,1-3H3,(H,27,30). The van der Waals surface area contributed by atoms with Gasteiger partial charge in [-0.25, -0.2) is 0 Å². The van der Waals surface area contributed by atoms with E-state index in [4.69, 9.17) is 20.8 Å². The minimum absolute atomic E-state index is 0.198. The van der Waals surface area contributed by atoms with Gasteiger partial charge in [-0.15, -0.1) is 0 Å². The smallest absolute Gasteiger partial charge is 0.291 e. The van der Waals surface area contributed by atoms with E-state index in [1.54, 1.807) is 41.3 Å². The zero-order valence-electron chi connectivity index (χ0n) is 18.1. The molecule has 9 heteroatoms. The molecule has 0 fully saturated rings. The average molecular weight is 454 g/mol. The molecule has 0 aliphatic rings. The van der Waals surface area contributed by atoms with Crippen LogP contribution in [-0.4, -0.2) is 25.5 Å². The Hall–Kier alpha value is -3.52. The molecule has 166 valence electrons. The number of furan rings is 1. The van der Waals surface area contributed by atoms with Crippen LogP contribution in [0.15, 0.2) is 53.3 Å². The number of aryl methyl sites for hydroxylation is 2. The van der Waals surface area contributed by atoms with Gasteiger partial charge in [0.25, 0.3) is 5.91 Å². The molecule has 32 heavy (non-hydrogen) atoms. The second-order valence-corrected chi connectivity index (χ2v) is 7.85. The van der Waals surface area contributed by atoms with Crippen LogP contribution < -0.4 is 10.1 Å². The van der Waals surface area contributed by atoms with Crippen molar-refractivity contribution in [2.45, 2.75) is 40.5 Å². The highest BCUT2D eigenvalue weighted by atomic mass is 35.5. The van der Waals surface area contributed by atoms with Crippen LogP contribution in [0, 0.1) is 13.8 Å². The van der Waals surface area contributed by atoms with Gasteiger partial charge in [0.15, 0.2) is 5.76 Å². The summed E-state index contributed by atoms with van der Waals surface area (Å²) in [5.74, 6) is 1.10. The maximum Gasteiger partial charge on any atom is 0.291 e. The van der Waals surface area contributed by atoms with Crippen LogP contribution in [0.3, 0.4) is 0 Å². The number of benzene rings is 1. The van der Waals surface area contributed by atoms with E-state index >= 15 is 0 Å². The Kier molecular flexibility index (Phi) is 6.32. The molecule has 3 aromatic heterocycles. The van der Waals surface area contributed by atoms with Crippen LogP contribution in [0.25, 0.3) is 0 Å². The molecule has 0 radical (unpaired) electrons. The lowest BCUT2D eigenvalue weighted by molar-refractivity contribution is 0.0992. The molecule has 8 nitrogen and oxygen atoms in total. The first-order valence-corrected chi connectivity index (χ1v) is 10.6. The van der Waals surface area contributed by atoms with Crippen LogP contribution >= 0.6 is 11.6 Å². The largest absolute Gasteiger partial charge is 0.485 e. The molecule has 1 N–H and O–H groups in total. The summed E-state index contributed by atoms with van der Waals surface area (Å²) < 4.78 is 15.1. The summed E-state index contributed by atoms with van der Waals surface area (Å²) in [4.78, 5) is 12.5. The van der Waals surface area contributed by atoms with Crippen LogP contribution in [0.1, 0.15) is 40.1 Å². The summed E-state index contributed by atoms with van der Waals surface area (Å²) in [5, 5.41) is 12.1. The quantitative estimate of drug-likeness (QED) is 0.412. The van der Waals surface area contributed by atoms with Gasteiger partial charge < -0.3 is 14.5 Å². The van der Waals surface area contributed by atoms with Crippen LogP contribution in [0.5, 0.6) is 5.75 Å². The van der Waals surface area contributed by atoms with Gasteiger partial charge in [0.05, 0.1) is 24.6 Å². The SMILES string of the molecule is CCn1ncc(Cn2cc(NC(=O)c3ccc(COc4ccc(Cl)cc4C)o3)cn2)c1C. The number of nitrogens with zero attached hydrogens (tertiary/aromatic N) is 4. The second-order valence-electron chi connectivity index (χ2n) is 7.42. The number of hydrogen-bond donors (Lipinski definition) is 1. The van der Waals surface area contributed by atoms with Gasteiger partial charge >= 0.3 is 0 Å². The third-order valence-electron chi connectivity index (χ3n) is 5.12. The summed E-state index contributed by atoms with van der Waals surface area (Å²) in [6.45, 7) is 7.61. The lowest BCUT2D eigenvalue weighted by atomic mass is 10.2. The first-order chi connectivity index (χ1) is 15.4. The van der Waals surface area contributed by atoms with Gasteiger partial charge in [0.2, 0.25) is 0 Å². The number of carbonyl (C=O) groups is 1. The Balaban J connectivity index is 1.34. The number of rotatable bonds is 8. The number of anilines is 1. The molecular formula is C23H24ClN5O3. The fraction of sp³-hybridized carbons (Fsp3) is 0.261. The molecule has 0 bridgehead atoms. The first-order valence-electron chi connectivity index (χ1n) is 10.3. The van der Waals surface area contributed by atoms with E-state index in [9.17, 15) is 4.79 Å². The predicted octanol–water partition coefficient (Wildman–Crippen LogP) is 4.84. The van der Waals surface area contributed by atoms with Crippen molar-refractivity contribution in [2.75, 3.05) is 5.32 Å². The van der Waals surface area contributed by atoms with Crippen molar-refractivity contribution < 1.29 is 13.9 Å². The number of halogens is 1. The van der Waals surface area contributed by atoms with E-state index < -0.39 is 0 Å². The van der Waals surface area contributed by atoms with Crippen LogP contribution in [-0.2, 0) is 19.7 Å². The minimum Gasteiger partial charge on any atom is -0.485 e. The van der Waals surface area contributed by atoms with Crippen molar-refractivity contribution in [1.82, 2.24) is 19.6 Å². The van der Waals surface area contributed by atoms with E-state index in [1.807, 2.05) is 30.8 Å². The summed E-state index contributed by atoms with van der Waals surface area (Å²) in [5.41, 5.74) is 3.70. The normalized spacial score (nSPS) is 11.0. The highest BCUT2D eigenvalue weighted by Crippen LogP contribution is 2.23. The molecule has 0 unspecified atom stereocenters. The van der Waals surface area contributed by atoms with Gasteiger partial charge in [0, 0.05) is 29.0 Å². The molecule has 0 spiro atoms. The van der Waals surface area contributed by atoms with E-state index in [-0.39, 0.29) is 18.3 Å². The van der Waals surface area contributed by atoms with Gasteiger partial charge in [-0.1, -0.05) is 11.6 Å². The second kappa shape index (κ2) is 9.32. The monoisotopic (exact) mass is 453 g/mol. The third-order valence-corrected chi connectivity index (χ3v) is 5.36. The molecule has 0 saturated carbocycles. The Morgan fingerprint density at radius 1 is 1.19 bits per heavy atom. The van der Waals surface area contributed by atoms with E-state index in [1.165, 1.54) is 0 Å². The van der Waals surface area contributed by atoms with Crippen molar-refractivity contribution >= 4 is 23.2 Å². The molecule has 0 aliphatic heterocycles. The molecule has 0 saturated heterocycles. The van der Waals surface area contributed by atoms with Crippen molar-refractivity contribution in [2.24, 2.45) is 0 Å². The predicted molar refractivity (Wildman–Crippen MR) is 121 cm³/mol. The van der Waals surface area contributed by atoms with Gasteiger partial charge in [-0.2, -0.15) is 10.2 Å². The number of aromatic nitrogens is 4. The van der Waals surface area contributed by atoms with Crippen molar-refractivity contribution in [3.05, 3.63) is 82.3 Å². The Morgan fingerprint density at radius 3 is 2.78 bits per heavy atom. The molecular weight excluding hydrogens is 430 g/mol. The topological polar surface area (TPSA) is 87.1 Å². The lowest BCUT2D eigenvalue weighted by Gasteiger charge is -2.07. The number of ether oxygens (including phenoxy) is 1. The third kappa shape index (κ3) is 4.86. The van der Waals surface area contributed by atoms with Crippen molar-refractivity contribution in [3.63, 3.8) is 0 Å². The fourth-order valence-corrected chi connectivity index (χ4v) is 3.57. The molecule has 1 aromatic carbocycles. The summed E-state index contributed by atoms with van der Waals surface area (Å²) in [6, 6.07) is 8.74. The minimum atomic E-state index is -0.353. The van der Waals surface area contributed by atoms with Crippen LogP contribution in [0.4, 0.5) is 5.69 Å². The molecule has 3 heterocycles. The fourth-order valence-electron chi connectivity index (χ4n) is 3.34. The maximum atomic E-state index is 12.5. The zero-order chi connectivity index (χ0) is 22.7. The Morgan fingerprint density at radius 2 is 2.03 bits per heavy atom. The summed E-state index contributed by atoms with van der Waals surface area (Å²) in [6.07, 6.45) is 5.22. The highest BCUT2D eigenvalue weighted by molar-refractivity contribution is 6.30. The highest BCUT2D eigenvalue weighted by Gasteiger charge is 2.14. The lowest BCUT2D eigenvalue weighted by Crippen LogP contribution is -2.10. The number of amides is 1. The van der Waals surface area contributed by atoms with Crippen molar-refractivity contribution in [3.8, 4) is 5.75 Å². The summed E-state index contributed by atoms with van der Waals surface area (Å²) >= 11 is 5.97. The van der Waals surface area contributed by atoms with E-state index in [0.717, 1.165) is 23.4 Å². The summed E-state index contributed by atoms with van der Waals surface area (Å²) in [7, 11) is 0. The van der Waals surface area contributed by atoms with E-state index in [2.05, 4.69) is 22.4 Å². The first kappa shape index (κ1) is 21.7. The van der Waals surface area contributed by atoms with Gasteiger partial charge in [-0.05, 0) is 56.7 Å². The van der Waals surface area contributed by atoms with Crippen LogP contribution in [0.2, 0.25) is 5.02 Å². The molecule has 0 atom stereocenters. The van der Waals surface area contributed by atoms with Gasteiger partial charge in [0.1, 0.15) is 18.1 Å². The van der Waals surface area contributed by atoms with E-state index in [0.29, 0.717) is 28.8 Å². The van der Waals surface area contributed by atoms with Crippen molar-refractivity contribution in [1.29, 1.82) is 0 Å². The number of nitrogens with one attached hydrogen (secondary N) is 1. The van der Waals surface area contributed by atoms with Gasteiger partial charge in [-0.3, -0.25) is 14.2 Å². The molecule has 4 rings (SSSR count). The number of carbonyl (C=O) groups excluding carboxylic acids is 1.